The lowest BCUT2D eigenvalue weighted by atomic mass is 9.92. The molecule has 26 heavy (non-hydrogen) atoms. The van der Waals surface area contributed by atoms with Crippen molar-refractivity contribution in [2.45, 2.75) is 19.1 Å². The van der Waals surface area contributed by atoms with Crippen molar-refractivity contribution in [3.8, 4) is 0 Å². The number of rotatable bonds is 5. The van der Waals surface area contributed by atoms with E-state index in [1.807, 2.05) is 24.4 Å². The highest BCUT2D eigenvalue weighted by Crippen LogP contribution is 2.27. The van der Waals surface area contributed by atoms with Crippen LogP contribution in [-0.4, -0.2) is 44.2 Å². The molecule has 3 heterocycles. The first-order valence-electron chi connectivity index (χ1n) is 8.77. The summed E-state index contributed by atoms with van der Waals surface area (Å²) in [7, 11) is 0. The van der Waals surface area contributed by atoms with Gasteiger partial charge in [-0.3, -0.25) is 9.69 Å². The van der Waals surface area contributed by atoms with Crippen molar-refractivity contribution < 1.29 is 5.11 Å². The second-order valence-electron chi connectivity index (χ2n) is 6.96. The minimum absolute atomic E-state index is 0.0526. The number of aliphatic hydroxyl groups excluding tert-OH is 1. The van der Waals surface area contributed by atoms with E-state index in [9.17, 15) is 9.90 Å². The first-order valence-corrected chi connectivity index (χ1v) is 8.77. The van der Waals surface area contributed by atoms with Crippen LogP contribution in [0.1, 0.15) is 11.1 Å². The number of aromatic amines is 2. The van der Waals surface area contributed by atoms with Crippen LogP contribution in [0.2, 0.25) is 0 Å². The van der Waals surface area contributed by atoms with Crippen molar-refractivity contribution in [2.24, 2.45) is 5.92 Å². The molecule has 0 radical (unpaired) electrons. The van der Waals surface area contributed by atoms with Gasteiger partial charge in [-0.1, -0.05) is 42.5 Å². The van der Waals surface area contributed by atoms with Crippen LogP contribution in [0.4, 0.5) is 0 Å². The molecule has 0 bridgehead atoms. The van der Waals surface area contributed by atoms with Crippen molar-refractivity contribution in [1.29, 1.82) is 0 Å². The van der Waals surface area contributed by atoms with Gasteiger partial charge in [-0.25, -0.2) is 4.98 Å². The van der Waals surface area contributed by atoms with Gasteiger partial charge in [-0.05, 0) is 12.0 Å². The van der Waals surface area contributed by atoms with E-state index in [0.717, 1.165) is 24.1 Å². The highest BCUT2D eigenvalue weighted by atomic mass is 16.3. The fourth-order valence-electron chi connectivity index (χ4n) is 3.75. The topological polar surface area (TPSA) is 85.0 Å². The van der Waals surface area contributed by atoms with Crippen LogP contribution >= 0.6 is 0 Å². The molecular formula is C20H22N4O2. The molecule has 0 saturated carbocycles. The molecule has 1 saturated heterocycles. The predicted octanol–water partition coefficient (Wildman–Crippen LogP) is 1.84. The lowest BCUT2D eigenvalue weighted by Gasteiger charge is -2.17. The van der Waals surface area contributed by atoms with Gasteiger partial charge in [-0.15, -0.1) is 0 Å². The minimum atomic E-state index is -0.423. The molecule has 134 valence electrons. The summed E-state index contributed by atoms with van der Waals surface area (Å²) in [5.41, 5.74) is 4.24. The van der Waals surface area contributed by atoms with Gasteiger partial charge in [0, 0.05) is 37.3 Å². The zero-order valence-electron chi connectivity index (χ0n) is 14.5. The highest BCUT2D eigenvalue weighted by molar-refractivity contribution is 5.77. The molecule has 6 nitrogen and oxygen atoms in total. The fraction of sp³-hybridized carbons (Fsp3) is 0.300. The number of fused-ring (bicyclic) bond motifs is 1. The summed E-state index contributed by atoms with van der Waals surface area (Å²) in [5, 5.41) is 10.5. The molecular weight excluding hydrogens is 328 g/mol. The first-order chi connectivity index (χ1) is 12.6. The van der Waals surface area contributed by atoms with Crippen molar-refractivity contribution >= 4 is 11.0 Å². The normalized spacial score (nSPS) is 20.7. The molecule has 2 aromatic heterocycles. The number of hydrogen-bond acceptors (Lipinski definition) is 4. The van der Waals surface area contributed by atoms with Crippen LogP contribution < -0.4 is 5.56 Å². The van der Waals surface area contributed by atoms with Crippen LogP contribution in [-0.2, 0) is 13.0 Å². The van der Waals surface area contributed by atoms with E-state index in [-0.39, 0.29) is 11.5 Å². The molecule has 2 atom stereocenters. The number of H-pyrrole nitrogens is 2. The van der Waals surface area contributed by atoms with Gasteiger partial charge in [0.25, 0.3) is 5.56 Å². The molecule has 1 fully saturated rings. The maximum atomic E-state index is 11.8. The van der Waals surface area contributed by atoms with Crippen LogP contribution in [0.3, 0.4) is 0 Å². The third-order valence-corrected chi connectivity index (χ3v) is 5.11. The summed E-state index contributed by atoms with van der Waals surface area (Å²) < 4.78 is 0. The maximum absolute atomic E-state index is 11.8. The highest BCUT2D eigenvalue weighted by Gasteiger charge is 2.33. The summed E-state index contributed by atoms with van der Waals surface area (Å²) in [4.78, 5) is 23.8. The Labute approximate surface area is 151 Å². The van der Waals surface area contributed by atoms with Crippen LogP contribution in [0.25, 0.3) is 11.0 Å². The van der Waals surface area contributed by atoms with Crippen molar-refractivity contribution in [2.75, 3.05) is 13.1 Å². The Morgan fingerprint density at radius 2 is 2.08 bits per heavy atom. The zero-order chi connectivity index (χ0) is 18.1. The van der Waals surface area contributed by atoms with Crippen molar-refractivity contribution in [3.05, 3.63) is 76.5 Å². The van der Waals surface area contributed by atoms with Gasteiger partial charge in [0.05, 0.1) is 17.9 Å². The Morgan fingerprint density at radius 1 is 1.27 bits per heavy atom. The van der Waals surface area contributed by atoms with Crippen molar-refractivity contribution in [3.63, 3.8) is 0 Å². The summed E-state index contributed by atoms with van der Waals surface area (Å²) in [5.74, 6) is 0.0526. The standard InChI is InChI=1S/C20H22N4O2/c1-13(7-14-5-3-2-4-6-14)16-10-24(11-17(16)25)9-15-8-21-19-18(15)22-12-23-20(19)26/h2-6,8,12,16-17,21,25H,1,7,9-11H2,(H,22,23,26). The van der Waals surface area contributed by atoms with Gasteiger partial charge in [-0.2, -0.15) is 0 Å². The maximum Gasteiger partial charge on any atom is 0.275 e. The van der Waals surface area contributed by atoms with Crippen molar-refractivity contribution in [1.82, 2.24) is 19.9 Å². The lowest BCUT2D eigenvalue weighted by Crippen LogP contribution is -2.21. The van der Waals surface area contributed by atoms with Crippen LogP contribution in [0, 0.1) is 5.92 Å². The smallest absolute Gasteiger partial charge is 0.275 e. The number of likely N-dealkylation sites (tertiary alicyclic amines) is 1. The number of hydrogen-bond donors (Lipinski definition) is 3. The summed E-state index contributed by atoms with van der Waals surface area (Å²) in [6.07, 6.45) is 3.60. The Kier molecular flexibility index (Phi) is 4.44. The average molecular weight is 350 g/mol. The number of benzene rings is 1. The van der Waals surface area contributed by atoms with E-state index >= 15 is 0 Å². The van der Waals surface area contributed by atoms with Gasteiger partial charge in [0.15, 0.2) is 0 Å². The Balaban J connectivity index is 1.45. The Bertz CT molecular complexity index is 976. The number of nitrogens with zero attached hydrogens (tertiary/aromatic N) is 2. The van der Waals surface area contributed by atoms with E-state index in [2.05, 4.69) is 38.6 Å². The zero-order valence-corrected chi connectivity index (χ0v) is 14.5. The number of aliphatic hydroxyl groups is 1. The first kappa shape index (κ1) is 16.8. The molecule has 0 amide bonds. The second kappa shape index (κ2) is 6.90. The lowest BCUT2D eigenvalue weighted by molar-refractivity contribution is 0.152. The average Bonchev–Trinajstić information content (AvgIpc) is 3.21. The fourth-order valence-corrected chi connectivity index (χ4v) is 3.75. The van der Waals surface area contributed by atoms with Gasteiger partial charge in [0.1, 0.15) is 5.52 Å². The Hall–Kier alpha value is -2.70. The van der Waals surface area contributed by atoms with Crippen LogP contribution in [0.5, 0.6) is 0 Å². The molecule has 1 aliphatic rings. The van der Waals surface area contributed by atoms with Gasteiger partial charge < -0.3 is 15.1 Å². The Morgan fingerprint density at radius 3 is 2.88 bits per heavy atom. The number of nitrogens with one attached hydrogen (secondary N) is 2. The van der Waals surface area contributed by atoms with E-state index < -0.39 is 6.10 Å². The molecule has 0 aliphatic carbocycles. The molecule has 6 heteroatoms. The minimum Gasteiger partial charge on any atom is -0.391 e. The largest absolute Gasteiger partial charge is 0.391 e. The van der Waals surface area contributed by atoms with E-state index in [0.29, 0.717) is 24.1 Å². The number of aromatic nitrogens is 3. The summed E-state index contributed by atoms with van der Waals surface area (Å²) in [6, 6.07) is 10.2. The molecule has 3 N–H and O–H groups in total. The van der Waals surface area contributed by atoms with Gasteiger partial charge >= 0.3 is 0 Å². The molecule has 4 rings (SSSR count). The van der Waals surface area contributed by atoms with Crippen LogP contribution in [0.15, 0.2) is 59.8 Å². The SMILES string of the molecule is C=C(Cc1ccccc1)C1CN(Cc2c[nH]c3c(=O)[nH]cnc23)CC1O. The quantitative estimate of drug-likeness (QED) is 0.613. The third-order valence-electron chi connectivity index (χ3n) is 5.11. The molecule has 2 unspecified atom stereocenters. The monoisotopic (exact) mass is 350 g/mol. The van der Waals surface area contributed by atoms with E-state index in [1.165, 1.54) is 11.9 Å². The second-order valence-corrected chi connectivity index (χ2v) is 6.96. The predicted molar refractivity (Wildman–Crippen MR) is 101 cm³/mol. The summed E-state index contributed by atoms with van der Waals surface area (Å²) in [6.45, 7) is 6.21. The summed E-state index contributed by atoms with van der Waals surface area (Å²) >= 11 is 0. The molecule has 1 aliphatic heterocycles. The number of β-amino-alcohol motifs (C(OH)–C–C–N with tert-alkyl or cyclic N) is 1. The third kappa shape index (κ3) is 3.21. The molecule has 0 spiro atoms. The van der Waals surface area contributed by atoms with E-state index in [1.54, 1.807) is 0 Å². The molecule has 3 aromatic rings. The van der Waals surface area contributed by atoms with E-state index in [4.69, 9.17) is 0 Å². The van der Waals surface area contributed by atoms with Gasteiger partial charge in [0.2, 0.25) is 0 Å². The molecule has 1 aromatic carbocycles.